The van der Waals surface area contributed by atoms with Gasteiger partial charge in [0.15, 0.2) is 0 Å². The summed E-state index contributed by atoms with van der Waals surface area (Å²) in [5.41, 5.74) is 0.337. The molecule has 0 amide bonds. The normalized spacial score (nSPS) is 11.4. The molecular formula is C16H10ClF3OS. The van der Waals surface area contributed by atoms with E-state index in [9.17, 15) is 18.3 Å². The Morgan fingerprint density at radius 1 is 1.14 bits per heavy atom. The fraction of sp³-hybridized carbons (Fsp3) is 0.125. The fourth-order valence-corrected chi connectivity index (χ4v) is 3.79. The van der Waals surface area contributed by atoms with Crippen molar-refractivity contribution < 1.29 is 18.3 Å². The first-order chi connectivity index (χ1) is 10.4. The van der Waals surface area contributed by atoms with Gasteiger partial charge in [0.25, 0.3) is 0 Å². The number of aliphatic hydroxyl groups is 1. The van der Waals surface area contributed by atoms with Crippen molar-refractivity contribution in [3.05, 3.63) is 57.2 Å². The van der Waals surface area contributed by atoms with Crippen molar-refractivity contribution in [1.29, 1.82) is 0 Å². The van der Waals surface area contributed by atoms with Crippen molar-refractivity contribution in [2.24, 2.45) is 0 Å². The number of halogens is 4. The standard InChI is InChI=1S/C16H10ClF3OS/c1-7-15(19)10(5-11(17)16(7)20)14-9-3-2-8(18)4-12(9)22-13(14)6-21/h2-5,21H,6H2,1H3. The van der Waals surface area contributed by atoms with Crippen molar-refractivity contribution in [3.63, 3.8) is 0 Å². The minimum atomic E-state index is -0.806. The third kappa shape index (κ3) is 2.29. The van der Waals surface area contributed by atoms with Gasteiger partial charge in [0.2, 0.25) is 0 Å². The van der Waals surface area contributed by atoms with Crippen molar-refractivity contribution >= 4 is 33.0 Å². The molecule has 2 aromatic carbocycles. The maximum atomic E-state index is 14.5. The predicted molar refractivity (Wildman–Crippen MR) is 82.8 cm³/mol. The molecular weight excluding hydrogens is 333 g/mol. The van der Waals surface area contributed by atoms with Gasteiger partial charge in [0.1, 0.15) is 17.5 Å². The van der Waals surface area contributed by atoms with Crippen molar-refractivity contribution in [1.82, 2.24) is 0 Å². The van der Waals surface area contributed by atoms with E-state index in [4.69, 9.17) is 11.6 Å². The lowest BCUT2D eigenvalue weighted by Gasteiger charge is -2.10. The van der Waals surface area contributed by atoms with Crippen LogP contribution >= 0.6 is 22.9 Å². The lowest BCUT2D eigenvalue weighted by Crippen LogP contribution is -1.96. The molecule has 1 heterocycles. The molecule has 0 aliphatic carbocycles. The summed E-state index contributed by atoms with van der Waals surface area (Å²) in [5.74, 6) is -1.96. The van der Waals surface area contributed by atoms with Gasteiger partial charge in [-0.05, 0) is 31.2 Å². The Morgan fingerprint density at radius 3 is 2.55 bits per heavy atom. The van der Waals surface area contributed by atoms with E-state index in [0.29, 0.717) is 20.5 Å². The molecule has 3 aromatic rings. The lowest BCUT2D eigenvalue weighted by molar-refractivity contribution is 0.286. The van der Waals surface area contributed by atoms with E-state index in [1.807, 2.05) is 0 Å². The number of fused-ring (bicyclic) bond motifs is 1. The number of benzene rings is 2. The minimum Gasteiger partial charge on any atom is -0.391 e. The number of thiophene rings is 1. The molecule has 0 saturated heterocycles. The number of aliphatic hydroxyl groups excluding tert-OH is 1. The SMILES string of the molecule is Cc1c(F)c(Cl)cc(-c2c(CO)sc3cc(F)ccc23)c1F. The highest BCUT2D eigenvalue weighted by atomic mass is 35.5. The Bertz CT molecular complexity index is 889. The van der Waals surface area contributed by atoms with E-state index < -0.39 is 17.5 Å². The maximum Gasteiger partial charge on any atom is 0.147 e. The van der Waals surface area contributed by atoms with E-state index in [-0.39, 0.29) is 22.8 Å². The second-order valence-electron chi connectivity index (χ2n) is 4.86. The third-order valence-electron chi connectivity index (χ3n) is 3.51. The van der Waals surface area contributed by atoms with Crippen LogP contribution in [-0.4, -0.2) is 5.11 Å². The minimum absolute atomic E-state index is 0.103. The molecule has 114 valence electrons. The van der Waals surface area contributed by atoms with Crippen molar-refractivity contribution in [2.75, 3.05) is 0 Å². The van der Waals surface area contributed by atoms with E-state index in [0.717, 1.165) is 11.3 Å². The summed E-state index contributed by atoms with van der Waals surface area (Å²) in [4.78, 5) is 0.474. The second-order valence-corrected chi connectivity index (χ2v) is 6.40. The number of hydrogen-bond acceptors (Lipinski definition) is 2. The predicted octanol–water partition coefficient (Wildman–Crippen LogP) is 5.44. The van der Waals surface area contributed by atoms with Gasteiger partial charge in [-0.1, -0.05) is 11.6 Å². The quantitative estimate of drug-likeness (QED) is 0.615. The Balaban J connectivity index is 2.40. The van der Waals surface area contributed by atoms with E-state index in [2.05, 4.69) is 0 Å². The molecule has 0 atom stereocenters. The zero-order chi connectivity index (χ0) is 16.0. The van der Waals surface area contributed by atoms with Gasteiger partial charge in [-0.3, -0.25) is 0 Å². The van der Waals surface area contributed by atoms with Gasteiger partial charge in [0.05, 0.1) is 11.6 Å². The van der Waals surface area contributed by atoms with Crippen LogP contribution in [0.2, 0.25) is 5.02 Å². The first kappa shape index (κ1) is 15.3. The topological polar surface area (TPSA) is 20.2 Å². The molecule has 6 heteroatoms. The molecule has 0 saturated carbocycles. The van der Waals surface area contributed by atoms with E-state index >= 15 is 0 Å². The van der Waals surface area contributed by atoms with Gasteiger partial charge in [-0.25, -0.2) is 13.2 Å². The lowest BCUT2D eigenvalue weighted by atomic mass is 9.99. The summed E-state index contributed by atoms with van der Waals surface area (Å²) in [6.07, 6.45) is 0. The molecule has 1 aromatic heterocycles. The molecule has 0 unspecified atom stereocenters. The molecule has 22 heavy (non-hydrogen) atoms. The fourth-order valence-electron chi connectivity index (χ4n) is 2.44. The molecule has 0 aliphatic heterocycles. The monoisotopic (exact) mass is 342 g/mol. The highest BCUT2D eigenvalue weighted by Gasteiger charge is 2.21. The van der Waals surface area contributed by atoms with Crippen LogP contribution in [0.15, 0.2) is 24.3 Å². The number of hydrogen-bond donors (Lipinski definition) is 1. The van der Waals surface area contributed by atoms with Crippen LogP contribution in [0.5, 0.6) is 0 Å². The third-order valence-corrected chi connectivity index (χ3v) is 4.93. The largest absolute Gasteiger partial charge is 0.391 e. The van der Waals surface area contributed by atoms with Crippen molar-refractivity contribution in [3.8, 4) is 11.1 Å². The van der Waals surface area contributed by atoms with Crippen LogP contribution in [0.25, 0.3) is 21.2 Å². The van der Waals surface area contributed by atoms with Gasteiger partial charge < -0.3 is 5.11 Å². The summed E-state index contributed by atoms with van der Waals surface area (Å²) in [6.45, 7) is 0.969. The van der Waals surface area contributed by atoms with Crippen LogP contribution in [0, 0.1) is 24.4 Å². The Hall–Kier alpha value is -1.56. The van der Waals surface area contributed by atoms with Crippen LogP contribution in [0.3, 0.4) is 0 Å². The van der Waals surface area contributed by atoms with Gasteiger partial charge in [0, 0.05) is 31.7 Å². The zero-order valence-electron chi connectivity index (χ0n) is 11.4. The summed E-state index contributed by atoms with van der Waals surface area (Å²) < 4.78 is 42.1. The highest BCUT2D eigenvalue weighted by Crippen LogP contribution is 2.42. The van der Waals surface area contributed by atoms with Crippen LogP contribution in [0.1, 0.15) is 10.4 Å². The Morgan fingerprint density at radius 2 is 1.86 bits per heavy atom. The zero-order valence-corrected chi connectivity index (χ0v) is 13.0. The first-order valence-electron chi connectivity index (χ1n) is 6.40. The van der Waals surface area contributed by atoms with Crippen LogP contribution < -0.4 is 0 Å². The van der Waals surface area contributed by atoms with Gasteiger partial charge >= 0.3 is 0 Å². The summed E-state index contributed by atoms with van der Waals surface area (Å²) >= 11 is 6.98. The Kier molecular flexibility index (Phi) is 3.89. The molecule has 0 radical (unpaired) electrons. The molecule has 0 aliphatic rings. The molecule has 3 rings (SSSR count). The van der Waals surface area contributed by atoms with Crippen molar-refractivity contribution in [2.45, 2.75) is 13.5 Å². The highest BCUT2D eigenvalue weighted by molar-refractivity contribution is 7.19. The molecule has 1 N–H and O–H groups in total. The molecule has 0 fully saturated rings. The molecule has 1 nitrogen and oxygen atoms in total. The smallest absolute Gasteiger partial charge is 0.147 e. The summed E-state index contributed by atoms with van der Waals surface area (Å²) in [7, 11) is 0. The van der Waals surface area contributed by atoms with E-state index in [1.54, 1.807) is 0 Å². The van der Waals surface area contributed by atoms with E-state index in [1.165, 1.54) is 31.2 Å². The average molecular weight is 343 g/mol. The molecule has 0 spiro atoms. The average Bonchev–Trinajstić information content (AvgIpc) is 2.86. The van der Waals surface area contributed by atoms with Gasteiger partial charge in [-0.15, -0.1) is 11.3 Å². The maximum absolute atomic E-state index is 14.5. The second kappa shape index (κ2) is 5.57. The first-order valence-corrected chi connectivity index (χ1v) is 7.59. The molecule has 0 bridgehead atoms. The number of rotatable bonds is 2. The summed E-state index contributed by atoms with van der Waals surface area (Å²) in [6, 6.07) is 5.29. The van der Waals surface area contributed by atoms with Crippen LogP contribution in [-0.2, 0) is 6.61 Å². The Labute approximate surface area is 133 Å². The van der Waals surface area contributed by atoms with Crippen LogP contribution in [0.4, 0.5) is 13.2 Å². The summed E-state index contributed by atoms with van der Waals surface area (Å²) in [5, 5.41) is 9.92. The van der Waals surface area contributed by atoms with Gasteiger partial charge in [-0.2, -0.15) is 0 Å².